The van der Waals surface area contributed by atoms with Crippen molar-refractivity contribution in [1.82, 2.24) is 9.80 Å². The first-order valence-corrected chi connectivity index (χ1v) is 34.0. The van der Waals surface area contributed by atoms with Crippen LogP contribution in [0.2, 0.25) is 0 Å². The van der Waals surface area contributed by atoms with E-state index in [0.717, 1.165) is 93.3 Å². The summed E-state index contributed by atoms with van der Waals surface area (Å²) in [5, 5.41) is 0. The molecule has 0 aromatic heterocycles. The van der Waals surface area contributed by atoms with Gasteiger partial charge in [-0.25, -0.2) is 0 Å². The second kappa shape index (κ2) is 31.3. The number of likely N-dealkylation sites (N-methyl/N-ethyl adjacent to an activating group) is 2. The van der Waals surface area contributed by atoms with Crippen molar-refractivity contribution in [2.24, 2.45) is 52.1 Å². The number of ether oxygens (including phenoxy) is 5. The smallest absolute Gasteiger partial charge is 0.320 e. The molecule has 4 saturated carbocycles. The molecule has 11 heteroatoms. The summed E-state index contributed by atoms with van der Waals surface area (Å²) in [6, 6.07) is 59.2. The van der Waals surface area contributed by atoms with Gasteiger partial charge in [0.05, 0.1) is 13.1 Å². The van der Waals surface area contributed by atoms with E-state index in [1.54, 1.807) is 0 Å². The lowest BCUT2D eigenvalue weighted by atomic mass is 9.43. The molecule has 6 aromatic carbocycles. The van der Waals surface area contributed by atoms with Crippen LogP contribution < -0.4 is 15.2 Å². The molecule has 0 bridgehead atoms. The molecule has 4 aliphatic carbocycles. The van der Waals surface area contributed by atoms with E-state index in [1.807, 2.05) is 48.2 Å². The van der Waals surface area contributed by atoms with Gasteiger partial charge in [0.1, 0.15) is 43.5 Å². The Hall–Kier alpha value is -7.31. The van der Waals surface area contributed by atoms with E-state index in [1.165, 1.54) is 44.5 Å². The molecule has 482 valence electrons. The van der Waals surface area contributed by atoms with Gasteiger partial charge < -0.3 is 29.4 Å². The molecular formula is C80H99N3O8. The van der Waals surface area contributed by atoms with Gasteiger partial charge >= 0.3 is 17.9 Å². The summed E-state index contributed by atoms with van der Waals surface area (Å²) in [7, 11) is 3.92. The highest BCUT2D eigenvalue weighted by molar-refractivity contribution is 5.99. The van der Waals surface area contributed by atoms with Gasteiger partial charge in [0, 0.05) is 31.5 Å². The highest BCUT2D eigenvalue weighted by Crippen LogP contribution is 2.69. The van der Waals surface area contributed by atoms with Crippen LogP contribution in [-0.2, 0) is 28.6 Å². The third kappa shape index (κ3) is 16.0. The van der Waals surface area contributed by atoms with E-state index in [4.69, 9.17) is 29.4 Å². The first-order chi connectivity index (χ1) is 44.2. The Morgan fingerprint density at radius 1 is 0.538 bits per heavy atom. The van der Waals surface area contributed by atoms with Crippen LogP contribution in [0.3, 0.4) is 0 Å². The molecule has 91 heavy (non-hydrogen) atoms. The summed E-state index contributed by atoms with van der Waals surface area (Å²) in [6.07, 6.45) is 10.2. The first-order valence-electron chi connectivity index (χ1n) is 34.0. The molecule has 0 heterocycles. The number of carbonyl (C=O) groups excluding carboxylic acids is 3. The van der Waals surface area contributed by atoms with Gasteiger partial charge in [-0.2, -0.15) is 0 Å². The average Bonchev–Trinajstić information content (AvgIpc) is 1.68. The zero-order valence-corrected chi connectivity index (χ0v) is 55.2. The molecule has 11 nitrogen and oxygen atoms in total. The summed E-state index contributed by atoms with van der Waals surface area (Å²) in [5.41, 5.74) is 17.5. The zero-order chi connectivity index (χ0) is 63.9. The first kappa shape index (κ1) is 66.6. The summed E-state index contributed by atoms with van der Waals surface area (Å²) in [4.78, 5) is 44.9. The Labute approximate surface area is 542 Å². The number of esters is 3. The molecule has 0 saturated heterocycles. The number of hydrogen-bond acceptors (Lipinski definition) is 11. The van der Waals surface area contributed by atoms with Crippen LogP contribution in [0.25, 0.3) is 22.3 Å². The third-order valence-corrected chi connectivity index (χ3v) is 21.5. The van der Waals surface area contributed by atoms with E-state index in [-0.39, 0.29) is 72.5 Å². The van der Waals surface area contributed by atoms with Gasteiger partial charge in [0.25, 0.3) is 0 Å². The van der Waals surface area contributed by atoms with E-state index in [0.29, 0.717) is 62.9 Å². The Balaban J connectivity index is 0.742. The second-order valence-electron chi connectivity index (χ2n) is 26.9. The van der Waals surface area contributed by atoms with Gasteiger partial charge in [-0.1, -0.05) is 180 Å². The molecule has 2 N–H and O–H groups in total. The SMILES string of the molecule is CC/C(=C(\c1ccccc1)c1ccc(OCCN(C)CC(=O)O[C@@H]2CC[C@@]3(C)[C@H](CC[C@@H]4[C@@H]3C[C@H](OC(=O)CN(C)CCOc3ccc(/C(=C(/CC)c5ccccc5)c5ccccc5)cc3)[C@]3(C)[C@@H]([C@H](C)CCC(=O)OCCN)CC[C@@H]43)C2)cc1)c1ccccc1. The molecule has 6 aromatic rings. The largest absolute Gasteiger partial charge is 0.492 e. The number of allylic oxidation sites excluding steroid dienone is 2. The lowest BCUT2D eigenvalue weighted by Crippen LogP contribution is -2.60. The lowest BCUT2D eigenvalue weighted by Gasteiger charge is -2.62. The number of nitrogens with two attached hydrogens (primary N) is 1. The molecule has 0 amide bonds. The fourth-order valence-corrected chi connectivity index (χ4v) is 16.9. The molecule has 4 aliphatic rings. The maximum atomic E-state index is 14.4. The Morgan fingerprint density at radius 3 is 1.49 bits per heavy atom. The van der Waals surface area contributed by atoms with Gasteiger partial charge in [-0.15, -0.1) is 0 Å². The Bertz CT molecular complexity index is 3370. The average molecular weight is 1230 g/mol. The third-order valence-electron chi connectivity index (χ3n) is 21.5. The minimum atomic E-state index is -0.271. The van der Waals surface area contributed by atoms with Crippen LogP contribution in [-0.4, -0.2) is 107 Å². The number of rotatable bonds is 28. The summed E-state index contributed by atoms with van der Waals surface area (Å²) in [6.45, 7) is 14.5. The van der Waals surface area contributed by atoms with E-state index < -0.39 is 0 Å². The van der Waals surface area contributed by atoms with Crippen molar-refractivity contribution in [2.45, 2.75) is 124 Å². The number of nitrogens with zero attached hydrogens (tertiary/aromatic N) is 2. The topological polar surface area (TPSA) is 130 Å². The van der Waals surface area contributed by atoms with Crippen molar-refractivity contribution >= 4 is 40.2 Å². The maximum absolute atomic E-state index is 14.4. The van der Waals surface area contributed by atoms with Gasteiger partial charge in [-0.3, -0.25) is 24.2 Å². The second-order valence-corrected chi connectivity index (χ2v) is 26.9. The molecule has 10 atom stereocenters. The molecule has 10 rings (SSSR count). The zero-order valence-electron chi connectivity index (χ0n) is 55.2. The van der Waals surface area contributed by atoms with E-state index in [2.05, 4.69) is 180 Å². The van der Waals surface area contributed by atoms with Crippen molar-refractivity contribution < 1.29 is 38.1 Å². The molecule has 0 radical (unpaired) electrons. The molecule has 4 fully saturated rings. The van der Waals surface area contributed by atoms with Crippen molar-refractivity contribution in [3.8, 4) is 11.5 Å². The molecule has 0 aliphatic heterocycles. The van der Waals surface area contributed by atoms with Crippen LogP contribution in [0, 0.1) is 46.3 Å². The molecular weight excluding hydrogens is 1130 g/mol. The minimum Gasteiger partial charge on any atom is -0.492 e. The van der Waals surface area contributed by atoms with Gasteiger partial charge in [0.15, 0.2) is 0 Å². The van der Waals surface area contributed by atoms with Gasteiger partial charge in [-0.05, 0) is 206 Å². The maximum Gasteiger partial charge on any atom is 0.320 e. The Kier molecular flexibility index (Phi) is 22.9. The quantitative estimate of drug-likeness (QED) is 0.0286. The predicted octanol–water partition coefficient (Wildman–Crippen LogP) is 15.8. The monoisotopic (exact) mass is 1230 g/mol. The summed E-state index contributed by atoms with van der Waals surface area (Å²) >= 11 is 0. The van der Waals surface area contributed by atoms with Crippen LogP contribution >= 0.6 is 0 Å². The van der Waals surface area contributed by atoms with Crippen molar-refractivity contribution in [1.29, 1.82) is 0 Å². The lowest BCUT2D eigenvalue weighted by molar-refractivity contribution is -0.199. The fraction of sp³-hybridized carbons (Fsp3) is 0.463. The van der Waals surface area contributed by atoms with Crippen LogP contribution in [0.5, 0.6) is 11.5 Å². The summed E-state index contributed by atoms with van der Waals surface area (Å²) < 4.78 is 31.3. The normalized spacial score (nSPS) is 24.4. The van der Waals surface area contributed by atoms with E-state index >= 15 is 0 Å². The summed E-state index contributed by atoms with van der Waals surface area (Å²) in [5.74, 6) is 3.15. The predicted molar refractivity (Wildman–Crippen MR) is 366 cm³/mol. The molecule has 0 unspecified atom stereocenters. The van der Waals surface area contributed by atoms with Crippen molar-refractivity contribution in [2.75, 3.05) is 66.6 Å². The van der Waals surface area contributed by atoms with Crippen LogP contribution in [0.1, 0.15) is 145 Å². The molecule has 0 spiro atoms. The van der Waals surface area contributed by atoms with Crippen molar-refractivity contribution in [3.05, 3.63) is 203 Å². The van der Waals surface area contributed by atoms with Gasteiger partial charge in [0.2, 0.25) is 0 Å². The fourth-order valence-electron chi connectivity index (χ4n) is 16.9. The highest BCUT2D eigenvalue weighted by Gasteiger charge is 2.65. The van der Waals surface area contributed by atoms with E-state index in [9.17, 15) is 14.4 Å². The van der Waals surface area contributed by atoms with Crippen molar-refractivity contribution in [3.63, 3.8) is 0 Å². The van der Waals surface area contributed by atoms with Crippen LogP contribution in [0.15, 0.2) is 170 Å². The Morgan fingerprint density at radius 2 is 1.01 bits per heavy atom. The number of benzene rings is 6. The number of carbonyl (C=O) groups is 3. The van der Waals surface area contributed by atoms with Crippen LogP contribution in [0.4, 0.5) is 0 Å². The standard InChI is InChI=1S/C80H99N3O8/c1-8-67(57-22-14-10-15-23-57)77(59-26-18-12-19-27-59)61-31-36-64(37-32-61)87-50-47-82(6)54-75(85)90-66-44-45-79(4)63(52-66)35-40-69-71-42-41-70(56(3)30-43-74(84)89-49-46-81)80(71,5)73(53-72(69)79)91-76(86)55-83(7)48-51-88-65-38-33-62(34-39-65)78(60-28-20-13-21-29-60)68(9-2)58-24-16-11-17-25-58/h10-29,31-34,36-39,56,63,66,69-73H,8-9,30,35,40-55,81H2,1-7H3/b77-67-,78-68-/t56-,63-,66-,69+,70-,71+,72+,73+,79+,80-/m1/s1. The number of hydrogen-bond donors (Lipinski definition) is 1. The highest BCUT2D eigenvalue weighted by atomic mass is 16.6. The number of fused-ring (bicyclic) bond motifs is 5. The minimum absolute atomic E-state index is 0.0199.